The Hall–Kier alpha value is -3.70. The normalized spacial score (nSPS) is 22.7. The van der Waals surface area contributed by atoms with Gasteiger partial charge in [0.2, 0.25) is 17.4 Å². The third kappa shape index (κ3) is 6.66. The van der Waals surface area contributed by atoms with Crippen molar-refractivity contribution < 1.29 is 34.2 Å². The van der Waals surface area contributed by atoms with Gasteiger partial charge in [-0.15, -0.1) is 11.8 Å². The summed E-state index contributed by atoms with van der Waals surface area (Å²) in [4.78, 5) is 64.2. The first-order chi connectivity index (χ1) is 18.7. The Morgan fingerprint density at radius 1 is 1.38 bits per heavy atom. The number of carboxylic acid groups (broad SMARTS) is 2. The smallest absolute Gasteiger partial charge is 0.316 e. The van der Waals surface area contributed by atoms with E-state index in [0.29, 0.717) is 0 Å². The molecule has 2 aliphatic rings. The van der Waals surface area contributed by atoms with Gasteiger partial charge in [0.05, 0.1) is 0 Å². The zero-order chi connectivity index (χ0) is 28.0. The number of carbonyl (C=O) groups excluding carboxylic acids is 2. The van der Waals surface area contributed by atoms with Gasteiger partial charge in [-0.05, 0) is 24.0 Å². The molecule has 4 rings (SSSR count). The number of thioether (sulfide) groups is 2. The molecule has 206 valence electrons. The lowest BCUT2D eigenvalue weighted by Gasteiger charge is -2.53. The topological polar surface area (TPSA) is 210 Å². The second kappa shape index (κ2) is 12.4. The van der Waals surface area contributed by atoms with E-state index in [1.54, 1.807) is 29.9 Å². The second-order valence-electron chi connectivity index (χ2n) is 8.42. The molecule has 0 spiro atoms. The molecule has 3 atom stereocenters. The Morgan fingerprint density at radius 2 is 2.21 bits per heavy atom. The highest BCUT2D eigenvalue weighted by Gasteiger charge is 2.57. The number of fused-ring (bicyclic) bond motifs is 1. The summed E-state index contributed by atoms with van der Waals surface area (Å²) >= 11 is 3.41. The SMILES string of the molecule is Nc1nc(C(=NOCCCC(=O)O)C(=O)NC2C(=O)N3CC(C=CSc4cccnc4)(C(=O)O)CS[C@H]23)ns1. The van der Waals surface area contributed by atoms with Gasteiger partial charge in [0.1, 0.15) is 23.4 Å². The van der Waals surface area contributed by atoms with Crippen LogP contribution in [0.1, 0.15) is 18.7 Å². The van der Waals surface area contributed by atoms with Gasteiger partial charge >= 0.3 is 11.9 Å². The largest absolute Gasteiger partial charge is 0.481 e. The molecule has 2 aromatic rings. The summed E-state index contributed by atoms with van der Waals surface area (Å²) in [5.74, 6) is -3.19. The van der Waals surface area contributed by atoms with Crippen molar-refractivity contribution in [1.82, 2.24) is 24.6 Å². The van der Waals surface area contributed by atoms with Crippen molar-refractivity contribution in [3.8, 4) is 0 Å². The fraction of sp³-hybridized carbons (Fsp3) is 0.364. The lowest BCUT2D eigenvalue weighted by Crippen LogP contribution is -2.73. The van der Waals surface area contributed by atoms with Crippen LogP contribution in [0.25, 0.3) is 0 Å². The molecule has 2 saturated heterocycles. The Balaban J connectivity index is 1.40. The molecule has 2 aromatic heterocycles. The molecular formula is C22H23N7O7S3. The van der Waals surface area contributed by atoms with Crippen LogP contribution >= 0.6 is 35.1 Å². The van der Waals surface area contributed by atoms with Crippen molar-refractivity contribution in [2.24, 2.45) is 10.6 Å². The fourth-order valence-corrected chi connectivity index (χ4v) is 6.39. The zero-order valence-electron chi connectivity index (χ0n) is 20.1. The van der Waals surface area contributed by atoms with Crippen LogP contribution in [0.2, 0.25) is 0 Å². The number of pyridine rings is 1. The van der Waals surface area contributed by atoms with Crippen LogP contribution in [0.15, 0.2) is 46.1 Å². The third-order valence-electron chi connectivity index (χ3n) is 5.69. The minimum atomic E-state index is -1.29. The molecule has 0 bridgehead atoms. The first-order valence-electron chi connectivity index (χ1n) is 11.4. The molecule has 5 N–H and O–H groups in total. The molecule has 4 heterocycles. The van der Waals surface area contributed by atoms with Gasteiger partial charge in [-0.2, -0.15) is 9.36 Å². The van der Waals surface area contributed by atoms with Gasteiger partial charge in [0.25, 0.3) is 5.91 Å². The van der Waals surface area contributed by atoms with E-state index >= 15 is 0 Å². The maximum absolute atomic E-state index is 13.0. The number of nitrogens with one attached hydrogen (secondary N) is 1. The highest BCUT2D eigenvalue weighted by atomic mass is 32.2. The summed E-state index contributed by atoms with van der Waals surface area (Å²) in [6.07, 6.45) is 4.91. The predicted molar refractivity (Wildman–Crippen MR) is 143 cm³/mol. The lowest BCUT2D eigenvalue weighted by molar-refractivity contribution is -0.156. The third-order valence-corrected chi connectivity index (χ3v) is 8.57. The van der Waals surface area contributed by atoms with Gasteiger partial charge in [0, 0.05) is 47.5 Å². The second-order valence-corrected chi connectivity index (χ2v) is 11.3. The number of oxime groups is 1. The number of hydrogen-bond acceptors (Lipinski definition) is 13. The number of carbonyl (C=O) groups is 4. The Labute approximate surface area is 234 Å². The van der Waals surface area contributed by atoms with Crippen molar-refractivity contribution in [2.45, 2.75) is 29.2 Å². The van der Waals surface area contributed by atoms with E-state index in [4.69, 9.17) is 15.7 Å². The quantitative estimate of drug-likeness (QED) is 0.0886. The molecule has 2 amide bonds. The minimum absolute atomic E-state index is 0.0485. The number of nitrogens with two attached hydrogens (primary N) is 1. The van der Waals surface area contributed by atoms with E-state index in [0.717, 1.165) is 16.4 Å². The minimum Gasteiger partial charge on any atom is -0.481 e. The van der Waals surface area contributed by atoms with E-state index in [2.05, 4.69) is 24.8 Å². The molecule has 39 heavy (non-hydrogen) atoms. The first kappa shape index (κ1) is 28.3. The van der Waals surface area contributed by atoms with Gasteiger partial charge in [-0.25, -0.2) is 0 Å². The Kier molecular flexibility index (Phi) is 9.03. The number of hydrogen-bond donors (Lipinski definition) is 4. The molecular weight excluding hydrogens is 570 g/mol. The molecule has 17 heteroatoms. The highest BCUT2D eigenvalue weighted by Crippen LogP contribution is 2.43. The van der Waals surface area contributed by atoms with Gasteiger partial charge in [-0.1, -0.05) is 23.0 Å². The number of carboxylic acids is 2. The van der Waals surface area contributed by atoms with E-state index < -0.39 is 40.6 Å². The van der Waals surface area contributed by atoms with Gasteiger partial charge in [0.15, 0.2) is 5.13 Å². The van der Waals surface area contributed by atoms with E-state index in [1.165, 1.54) is 28.4 Å². The molecule has 2 unspecified atom stereocenters. The van der Waals surface area contributed by atoms with E-state index in [9.17, 15) is 24.3 Å². The summed E-state index contributed by atoms with van der Waals surface area (Å²) in [5, 5.41) is 26.4. The summed E-state index contributed by atoms with van der Waals surface area (Å²) in [6, 6.07) is 2.70. The van der Waals surface area contributed by atoms with Crippen LogP contribution in [0.3, 0.4) is 0 Å². The number of rotatable bonds is 12. The van der Waals surface area contributed by atoms with E-state index in [-0.39, 0.29) is 48.4 Å². The van der Waals surface area contributed by atoms with Crippen LogP contribution in [0.4, 0.5) is 5.13 Å². The van der Waals surface area contributed by atoms with Crippen LogP contribution in [0, 0.1) is 5.41 Å². The van der Waals surface area contributed by atoms with Crippen molar-refractivity contribution in [2.75, 3.05) is 24.6 Å². The number of amides is 2. The number of β-lactam (4-membered cyclic amide) rings is 1. The molecule has 0 saturated carbocycles. The molecule has 0 aliphatic carbocycles. The van der Waals surface area contributed by atoms with Crippen LogP contribution in [0.5, 0.6) is 0 Å². The maximum atomic E-state index is 13.0. The van der Waals surface area contributed by atoms with Crippen molar-refractivity contribution >= 4 is 69.7 Å². The number of aromatic nitrogens is 3. The lowest BCUT2D eigenvalue weighted by atomic mass is 9.87. The first-order valence-corrected chi connectivity index (χ1v) is 14.1. The zero-order valence-corrected chi connectivity index (χ0v) is 22.6. The number of nitrogen functional groups attached to an aromatic ring is 1. The summed E-state index contributed by atoms with van der Waals surface area (Å²) < 4.78 is 3.97. The summed E-state index contributed by atoms with van der Waals surface area (Å²) in [7, 11) is 0. The number of nitrogens with zero attached hydrogens (tertiary/aromatic N) is 5. The fourth-order valence-electron chi connectivity index (χ4n) is 3.68. The summed E-state index contributed by atoms with van der Waals surface area (Å²) in [6.45, 7) is -0.117. The predicted octanol–water partition coefficient (Wildman–Crippen LogP) is 0.878. The van der Waals surface area contributed by atoms with Crippen molar-refractivity contribution in [3.05, 3.63) is 41.8 Å². The van der Waals surface area contributed by atoms with Gasteiger partial charge in [-0.3, -0.25) is 24.2 Å². The average Bonchev–Trinajstić information content (AvgIpc) is 3.35. The molecule has 0 radical (unpaired) electrons. The summed E-state index contributed by atoms with van der Waals surface area (Å²) in [5.41, 5.74) is 4.01. The molecule has 0 aromatic carbocycles. The van der Waals surface area contributed by atoms with E-state index in [1.807, 2.05) is 6.07 Å². The number of aliphatic carboxylic acids is 2. The molecule has 2 aliphatic heterocycles. The van der Waals surface area contributed by atoms with Crippen molar-refractivity contribution in [3.63, 3.8) is 0 Å². The molecule has 14 nitrogen and oxygen atoms in total. The average molecular weight is 594 g/mol. The Bertz CT molecular complexity index is 1310. The van der Waals surface area contributed by atoms with Crippen LogP contribution in [-0.4, -0.2) is 89.2 Å². The Morgan fingerprint density at radius 3 is 2.87 bits per heavy atom. The monoisotopic (exact) mass is 593 g/mol. The number of anilines is 1. The van der Waals surface area contributed by atoms with Crippen LogP contribution < -0.4 is 11.1 Å². The van der Waals surface area contributed by atoms with Gasteiger partial charge < -0.3 is 31.0 Å². The van der Waals surface area contributed by atoms with Crippen molar-refractivity contribution in [1.29, 1.82) is 0 Å². The van der Waals surface area contributed by atoms with Crippen LogP contribution in [-0.2, 0) is 24.0 Å². The maximum Gasteiger partial charge on any atom is 0.316 e. The highest BCUT2D eigenvalue weighted by molar-refractivity contribution is 8.02. The standard InChI is InChI=1S/C22H23N7O7S3/c23-21-26-16(28-39-21)14(27-36-7-2-4-13(30)31)17(32)25-15-18(33)29-10-22(20(34)35,11-38-19(15)29)5-8-37-12-3-1-6-24-9-12/h1,3,5-6,8-9,15,19H,2,4,7,10-11H2,(H,25,32)(H,30,31)(H,34,35)(H2,23,26,28)/t15?,19-,22?/m1/s1. The molecule has 2 fully saturated rings.